The Hall–Kier alpha value is -1.31. The molecule has 0 radical (unpaired) electrons. The lowest BCUT2D eigenvalue weighted by molar-refractivity contribution is -0.138. The van der Waals surface area contributed by atoms with Crippen molar-refractivity contribution in [2.75, 3.05) is 7.05 Å². The number of benzene rings is 1. The van der Waals surface area contributed by atoms with Crippen LogP contribution in [0.15, 0.2) is 24.3 Å². The van der Waals surface area contributed by atoms with E-state index in [1.807, 2.05) is 39.6 Å². The number of carbonyl (C=O) groups is 1. The standard InChI is InChI=1S/C15H19NO.2C2H6/c1-15-10-9-14(17)16(2)13(15)8-7-11-5-3-4-6-12(11)15;2*1-2/h3-6,13H,7-10H2,1-2H3;2*1-2H3/t13?,15-;;/m1../s1. The minimum absolute atomic E-state index is 0.164. The molecule has 21 heavy (non-hydrogen) atoms. The van der Waals surface area contributed by atoms with Gasteiger partial charge in [-0.05, 0) is 30.4 Å². The van der Waals surface area contributed by atoms with E-state index in [-0.39, 0.29) is 5.41 Å². The maximum atomic E-state index is 11.8. The van der Waals surface area contributed by atoms with E-state index in [0.717, 1.165) is 19.3 Å². The third kappa shape index (κ3) is 3.14. The second kappa shape index (κ2) is 7.63. The summed E-state index contributed by atoms with van der Waals surface area (Å²) >= 11 is 0. The molecule has 2 aliphatic rings. The zero-order valence-electron chi connectivity index (χ0n) is 14.6. The molecule has 1 saturated heterocycles. The Bertz CT molecular complexity index is 468. The van der Waals surface area contributed by atoms with E-state index >= 15 is 0 Å². The van der Waals surface area contributed by atoms with Gasteiger partial charge in [-0.2, -0.15) is 0 Å². The summed E-state index contributed by atoms with van der Waals surface area (Å²) in [6.45, 7) is 10.3. The lowest BCUT2D eigenvalue weighted by atomic mass is 9.63. The van der Waals surface area contributed by atoms with Crippen molar-refractivity contribution in [3.63, 3.8) is 0 Å². The van der Waals surface area contributed by atoms with E-state index in [1.54, 1.807) is 0 Å². The number of fused-ring (bicyclic) bond motifs is 3. The fraction of sp³-hybridized carbons (Fsp3) is 0.632. The second-order valence-electron chi connectivity index (χ2n) is 5.63. The third-order valence-electron chi connectivity index (χ3n) is 4.77. The Labute approximate surface area is 130 Å². The molecule has 0 aromatic heterocycles. The van der Waals surface area contributed by atoms with Crippen molar-refractivity contribution >= 4 is 5.91 Å². The summed E-state index contributed by atoms with van der Waals surface area (Å²) in [7, 11) is 1.97. The fourth-order valence-electron chi connectivity index (χ4n) is 3.72. The Morgan fingerprint density at radius 1 is 1.10 bits per heavy atom. The summed E-state index contributed by atoms with van der Waals surface area (Å²) in [6, 6.07) is 9.14. The number of likely N-dealkylation sites (tertiary alicyclic amines) is 1. The van der Waals surface area contributed by atoms with E-state index in [4.69, 9.17) is 0 Å². The monoisotopic (exact) mass is 289 g/mol. The molecule has 1 aliphatic carbocycles. The molecule has 1 amide bonds. The number of hydrogen-bond acceptors (Lipinski definition) is 1. The van der Waals surface area contributed by atoms with Crippen molar-refractivity contribution in [1.82, 2.24) is 4.90 Å². The fourth-order valence-corrected chi connectivity index (χ4v) is 3.72. The van der Waals surface area contributed by atoms with Crippen LogP contribution in [-0.2, 0) is 16.6 Å². The summed E-state index contributed by atoms with van der Waals surface area (Å²) in [6.07, 6.45) is 3.90. The van der Waals surface area contributed by atoms with E-state index in [1.165, 1.54) is 11.1 Å². The number of nitrogens with zero attached hydrogens (tertiary/aromatic N) is 1. The predicted molar refractivity (Wildman–Crippen MR) is 90.6 cm³/mol. The molecule has 3 rings (SSSR count). The number of carbonyl (C=O) groups excluding carboxylic acids is 1. The first-order valence-electron chi connectivity index (χ1n) is 8.47. The van der Waals surface area contributed by atoms with Crippen molar-refractivity contribution in [3.8, 4) is 0 Å². The molecule has 0 bridgehead atoms. The number of hydrogen-bond donors (Lipinski definition) is 0. The number of amides is 1. The van der Waals surface area contributed by atoms with Gasteiger partial charge in [-0.1, -0.05) is 58.9 Å². The zero-order valence-corrected chi connectivity index (χ0v) is 14.6. The third-order valence-corrected chi connectivity index (χ3v) is 4.77. The van der Waals surface area contributed by atoms with Crippen molar-refractivity contribution < 1.29 is 4.79 Å². The van der Waals surface area contributed by atoms with E-state index in [9.17, 15) is 4.79 Å². The van der Waals surface area contributed by atoms with E-state index in [2.05, 4.69) is 31.2 Å². The molecule has 1 unspecified atom stereocenters. The zero-order chi connectivity index (χ0) is 16.0. The highest BCUT2D eigenvalue weighted by atomic mass is 16.2. The van der Waals surface area contributed by atoms with Crippen LogP contribution in [0.5, 0.6) is 0 Å². The Morgan fingerprint density at radius 3 is 2.38 bits per heavy atom. The molecule has 0 spiro atoms. The highest BCUT2D eigenvalue weighted by Gasteiger charge is 2.46. The minimum atomic E-state index is 0.164. The second-order valence-corrected chi connectivity index (χ2v) is 5.63. The molecule has 1 aromatic rings. The van der Waals surface area contributed by atoms with Gasteiger partial charge in [0.1, 0.15) is 0 Å². The van der Waals surface area contributed by atoms with Crippen LogP contribution in [0.4, 0.5) is 0 Å². The van der Waals surface area contributed by atoms with Crippen LogP contribution >= 0.6 is 0 Å². The molecular weight excluding hydrogens is 258 g/mol. The molecular formula is C19H31NO. The molecule has 2 nitrogen and oxygen atoms in total. The van der Waals surface area contributed by atoms with Crippen molar-refractivity contribution in [2.45, 2.75) is 71.8 Å². The van der Waals surface area contributed by atoms with Gasteiger partial charge in [-0.25, -0.2) is 0 Å². The van der Waals surface area contributed by atoms with Crippen LogP contribution in [0, 0.1) is 0 Å². The predicted octanol–water partition coefficient (Wildman–Crippen LogP) is 4.56. The van der Waals surface area contributed by atoms with Crippen LogP contribution in [0.25, 0.3) is 0 Å². The summed E-state index contributed by atoms with van der Waals surface area (Å²) in [5, 5.41) is 0. The summed E-state index contributed by atoms with van der Waals surface area (Å²) in [5.41, 5.74) is 3.11. The molecule has 1 fully saturated rings. The van der Waals surface area contributed by atoms with Gasteiger partial charge >= 0.3 is 0 Å². The summed E-state index contributed by atoms with van der Waals surface area (Å²) in [4.78, 5) is 13.8. The molecule has 2 heteroatoms. The summed E-state index contributed by atoms with van der Waals surface area (Å²) in [5.74, 6) is 0.312. The van der Waals surface area contributed by atoms with Crippen LogP contribution < -0.4 is 0 Å². The number of rotatable bonds is 0. The average molecular weight is 289 g/mol. The van der Waals surface area contributed by atoms with Gasteiger partial charge in [0, 0.05) is 24.9 Å². The Balaban J connectivity index is 0.000000510. The van der Waals surface area contributed by atoms with Gasteiger partial charge < -0.3 is 4.90 Å². The lowest BCUT2D eigenvalue weighted by Crippen LogP contribution is -2.56. The Morgan fingerprint density at radius 2 is 1.71 bits per heavy atom. The molecule has 1 aliphatic heterocycles. The van der Waals surface area contributed by atoms with Gasteiger partial charge in [-0.3, -0.25) is 4.79 Å². The van der Waals surface area contributed by atoms with E-state index < -0.39 is 0 Å². The molecule has 0 saturated carbocycles. The van der Waals surface area contributed by atoms with Crippen molar-refractivity contribution in [2.24, 2.45) is 0 Å². The average Bonchev–Trinajstić information content (AvgIpc) is 2.55. The first-order chi connectivity index (χ1) is 10.1. The summed E-state index contributed by atoms with van der Waals surface area (Å²) < 4.78 is 0. The molecule has 1 aromatic carbocycles. The number of piperidine rings is 1. The van der Waals surface area contributed by atoms with Gasteiger partial charge in [0.15, 0.2) is 0 Å². The van der Waals surface area contributed by atoms with E-state index in [0.29, 0.717) is 18.4 Å². The maximum Gasteiger partial charge on any atom is 0.222 e. The van der Waals surface area contributed by atoms with Gasteiger partial charge in [-0.15, -0.1) is 0 Å². The topological polar surface area (TPSA) is 20.3 Å². The number of aryl methyl sites for hydroxylation is 1. The molecule has 0 N–H and O–H groups in total. The largest absolute Gasteiger partial charge is 0.342 e. The number of likely N-dealkylation sites (N-methyl/N-ethyl adjacent to an activating group) is 1. The lowest BCUT2D eigenvalue weighted by Gasteiger charge is -2.50. The van der Waals surface area contributed by atoms with Gasteiger partial charge in [0.25, 0.3) is 0 Å². The SMILES string of the molecule is CC.CC.CN1C(=O)CC[C@]2(C)c3ccccc3CCC12. The van der Waals surface area contributed by atoms with Crippen LogP contribution in [-0.4, -0.2) is 23.9 Å². The molecule has 2 atom stereocenters. The molecule has 1 heterocycles. The Kier molecular flexibility index (Phi) is 6.44. The molecule has 118 valence electrons. The highest BCUT2D eigenvalue weighted by molar-refractivity contribution is 5.78. The van der Waals surface area contributed by atoms with Crippen molar-refractivity contribution in [1.29, 1.82) is 0 Å². The minimum Gasteiger partial charge on any atom is -0.342 e. The smallest absolute Gasteiger partial charge is 0.222 e. The first-order valence-corrected chi connectivity index (χ1v) is 8.47. The normalized spacial score (nSPS) is 26.5. The van der Waals surface area contributed by atoms with Crippen LogP contribution in [0.2, 0.25) is 0 Å². The van der Waals surface area contributed by atoms with Crippen molar-refractivity contribution in [3.05, 3.63) is 35.4 Å². The van der Waals surface area contributed by atoms with Crippen LogP contribution in [0.1, 0.15) is 65.0 Å². The maximum absolute atomic E-state index is 11.8. The van der Waals surface area contributed by atoms with Gasteiger partial charge in [0.2, 0.25) is 5.91 Å². The highest BCUT2D eigenvalue weighted by Crippen LogP contribution is 2.45. The first kappa shape index (κ1) is 17.7. The van der Waals surface area contributed by atoms with Crippen LogP contribution in [0.3, 0.4) is 0 Å². The van der Waals surface area contributed by atoms with Gasteiger partial charge in [0.05, 0.1) is 0 Å². The quantitative estimate of drug-likeness (QED) is 0.685.